The molecule has 0 radical (unpaired) electrons. The van der Waals surface area contributed by atoms with Crippen molar-refractivity contribution in [2.45, 2.75) is 12.9 Å². The number of pyridine rings is 1. The average molecular weight is 343 g/mol. The summed E-state index contributed by atoms with van der Waals surface area (Å²) in [4.78, 5) is 6.78. The lowest BCUT2D eigenvalue weighted by Crippen LogP contribution is -2.21. The van der Waals surface area contributed by atoms with E-state index in [4.69, 9.17) is 14.2 Å². The zero-order chi connectivity index (χ0) is 17.5. The van der Waals surface area contributed by atoms with Crippen LogP contribution in [-0.4, -0.2) is 50.3 Å². The maximum atomic E-state index is 5.97. The van der Waals surface area contributed by atoms with Crippen molar-refractivity contribution in [2.75, 3.05) is 45.7 Å². The second-order valence-corrected chi connectivity index (χ2v) is 6.16. The molecule has 2 aromatic rings. The van der Waals surface area contributed by atoms with E-state index in [-0.39, 0.29) is 0 Å². The molecule has 0 amide bonds. The number of hydrogen-bond donors (Lipinski definition) is 1. The summed E-state index contributed by atoms with van der Waals surface area (Å²) in [5.74, 6) is 1.48. The van der Waals surface area contributed by atoms with E-state index in [1.54, 1.807) is 0 Å². The molecule has 1 aromatic heterocycles. The smallest absolute Gasteiger partial charge is 0.205 e. The summed E-state index contributed by atoms with van der Waals surface area (Å²) >= 11 is 0. The Hall–Kier alpha value is -2.15. The molecule has 2 heterocycles. The minimum atomic E-state index is -0.471. The van der Waals surface area contributed by atoms with Gasteiger partial charge in [0, 0.05) is 13.1 Å². The molecule has 1 fully saturated rings. The van der Waals surface area contributed by atoms with Crippen molar-refractivity contribution in [3.63, 3.8) is 0 Å². The SMILES string of the molecule is CN(C)CCNc1ccc(OCc2ccccc2)c(C2OCCO2)n1. The number of likely N-dealkylation sites (N-methyl/N-ethyl adjacent to an activating group) is 1. The molecular weight excluding hydrogens is 318 g/mol. The molecule has 1 aliphatic rings. The molecule has 0 spiro atoms. The fourth-order valence-electron chi connectivity index (χ4n) is 2.51. The second-order valence-electron chi connectivity index (χ2n) is 6.16. The van der Waals surface area contributed by atoms with Crippen LogP contribution < -0.4 is 10.1 Å². The summed E-state index contributed by atoms with van der Waals surface area (Å²) in [6, 6.07) is 13.9. The quantitative estimate of drug-likeness (QED) is 0.795. The highest BCUT2D eigenvalue weighted by molar-refractivity contribution is 5.42. The van der Waals surface area contributed by atoms with E-state index in [1.807, 2.05) is 56.6 Å². The van der Waals surface area contributed by atoms with E-state index in [0.717, 1.165) is 24.5 Å². The Morgan fingerprint density at radius 3 is 2.60 bits per heavy atom. The van der Waals surface area contributed by atoms with Gasteiger partial charge in [0.2, 0.25) is 6.29 Å². The van der Waals surface area contributed by atoms with Crippen LogP contribution in [0.4, 0.5) is 5.82 Å². The lowest BCUT2D eigenvalue weighted by Gasteiger charge is -2.17. The summed E-state index contributed by atoms with van der Waals surface area (Å²) in [6.45, 7) is 3.37. The molecule has 0 saturated carbocycles. The molecule has 0 bridgehead atoms. The molecule has 134 valence electrons. The molecule has 0 aliphatic carbocycles. The highest BCUT2D eigenvalue weighted by atomic mass is 16.7. The maximum Gasteiger partial charge on any atom is 0.205 e. The third-order valence-corrected chi connectivity index (χ3v) is 3.83. The third kappa shape index (κ3) is 5.16. The Bertz CT molecular complexity index is 658. The Balaban J connectivity index is 1.71. The van der Waals surface area contributed by atoms with Crippen LogP contribution in [0.5, 0.6) is 5.75 Å². The first-order valence-corrected chi connectivity index (χ1v) is 8.52. The Kier molecular flexibility index (Phi) is 6.22. The fraction of sp³-hybridized carbons (Fsp3) is 0.421. The van der Waals surface area contributed by atoms with Gasteiger partial charge in [0.1, 0.15) is 23.9 Å². The number of anilines is 1. The standard InChI is InChI=1S/C19H25N3O3/c1-22(2)11-10-20-17-9-8-16(18(21-17)19-23-12-13-24-19)25-14-15-6-4-3-5-7-15/h3-9,19H,10-14H2,1-2H3,(H,20,21). The van der Waals surface area contributed by atoms with Gasteiger partial charge in [-0.15, -0.1) is 0 Å². The van der Waals surface area contributed by atoms with Crippen molar-refractivity contribution < 1.29 is 14.2 Å². The van der Waals surface area contributed by atoms with Crippen LogP contribution in [0, 0.1) is 0 Å². The first kappa shape index (κ1) is 17.7. The van der Waals surface area contributed by atoms with Crippen LogP contribution >= 0.6 is 0 Å². The van der Waals surface area contributed by atoms with Gasteiger partial charge in [-0.25, -0.2) is 4.98 Å². The molecule has 3 rings (SSSR count). The number of hydrogen-bond acceptors (Lipinski definition) is 6. The van der Waals surface area contributed by atoms with Crippen LogP contribution in [-0.2, 0) is 16.1 Å². The monoisotopic (exact) mass is 343 g/mol. The molecule has 1 aliphatic heterocycles. The van der Waals surface area contributed by atoms with Gasteiger partial charge in [0.15, 0.2) is 0 Å². The van der Waals surface area contributed by atoms with E-state index in [9.17, 15) is 0 Å². The fourth-order valence-corrected chi connectivity index (χ4v) is 2.51. The maximum absolute atomic E-state index is 5.97. The van der Waals surface area contributed by atoms with Crippen LogP contribution in [0.3, 0.4) is 0 Å². The molecule has 0 unspecified atom stereocenters. The predicted molar refractivity (Wildman–Crippen MR) is 96.7 cm³/mol. The highest BCUT2D eigenvalue weighted by Gasteiger charge is 2.24. The average Bonchev–Trinajstić information content (AvgIpc) is 3.15. The minimum Gasteiger partial charge on any atom is -0.487 e. The summed E-state index contributed by atoms with van der Waals surface area (Å²) in [7, 11) is 4.09. The van der Waals surface area contributed by atoms with Gasteiger partial charge in [0.05, 0.1) is 13.2 Å². The Morgan fingerprint density at radius 2 is 1.88 bits per heavy atom. The largest absolute Gasteiger partial charge is 0.487 e. The summed E-state index contributed by atoms with van der Waals surface area (Å²) in [6.07, 6.45) is -0.471. The van der Waals surface area contributed by atoms with E-state index < -0.39 is 6.29 Å². The first-order chi connectivity index (χ1) is 12.2. The van der Waals surface area contributed by atoms with Crippen LogP contribution in [0.1, 0.15) is 17.5 Å². The van der Waals surface area contributed by atoms with Gasteiger partial charge < -0.3 is 24.4 Å². The van der Waals surface area contributed by atoms with Gasteiger partial charge in [0.25, 0.3) is 0 Å². The number of benzene rings is 1. The minimum absolute atomic E-state index is 0.471. The Morgan fingerprint density at radius 1 is 1.12 bits per heavy atom. The van der Waals surface area contributed by atoms with Crippen LogP contribution in [0.2, 0.25) is 0 Å². The predicted octanol–water partition coefficient (Wildman–Crippen LogP) is 2.68. The summed E-state index contributed by atoms with van der Waals surface area (Å²) < 4.78 is 17.2. The third-order valence-electron chi connectivity index (χ3n) is 3.83. The van der Waals surface area contributed by atoms with Gasteiger partial charge >= 0.3 is 0 Å². The summed E-state index contributed by atoms with van der Waals surface area (Å²) in [5.41, 5.74) is 1.79. The molecule has 1 N–H and O–H groups in total. The van der Waals surface area contributed by atoms with Crippen LogP contribution in [0.15, 0.2) is 42.5 Å². The zero-order valence-electron chi connectivity index (χ0n) is 14.8. The van der Waals surface area contributed by atoms with Gasteiger partial charge in [-0.1, -0.05) is 30.3 Å². The lowest BCUT2D eigenvalue weighted by atomic mass is 10.2. The lowest BCUT2D eigenvalue weighted by molar-refractivity contribution is -0.0490. The topological polar surface area (TPSA) is 55.9 Å². The molecular formula is C19H25N3O3. The molecule has 6 heteroatoms. The normalized spacial score (nSPS) is 14.8. The molecule has 1 aromatic carbocycles. The second kappa shape index (κ2) is 8.80. The van der Waals surface area contributed by atoms with E-state index >= 15 is 0 Å². The number of nitrogens with one attached hydrogen (secondary N) is 1. The number of nitrogens with zero attached hydrogens (tertiary/aromatic N) is 2. The highest BCUT2D eigenvalue weighted by Crippen LogP contribution is 2.31. The zero-order valence-corrected chi connectivity index (χ0v) is 14.8. The summed E-state index contributed by atoms with van der Waals surface area (Å²) in [5, 5.41) is 3.32. The first-order valence-electron chi connectivity index (χ1n) is 8.52. The van der Waals surface area contributed by atoms with E-state index in [1.165, 1.54) is 0 Å². The van der Waals surface area contributed by atoms with Crippen molar-refractivity contribution in [2.24, 2.45) is 0 Å². The van der Waals surface area contributed by atoms with E-state index in [0.29, 0.717) is 31.3 Å². The number of ether oxygens (including phenoxy) is 3. The van der Waals surface area contributed by atoms with Crippen molar-refractivity contribution in [3.05, 3.63) is 53.7 Å². The molecule has 0 atom stereocenters. The molecule has 6 nitrogen and oxygen atoms in total. The van der Waals surface area contributed by atoms with Gasteiger partial charge in [-0.2, -0.15) is 0 Å². The van der Waals surface area contributed by atoms with Crippen LogP contribution in [0.25, 0.3) is 0 Å². The van der Waals surface area contributed by atoms with Crippen molar-refractivity contribution in [1.82, 2.24) is 9.88 Å². The Labute approximate surface area is 148 Å². The van der Waals surface area contributed by atoms with Crippen molar-refractivity contribution >= 4 is 5.82 Å². The van der Waals surface area contributed by atoms with Gasteiger partial charge in [-0.3, -0.25) is 0 Å². The number of aromatic nitrogens is 1. The number of rotatable bonds is 8. The van der Waals surface area contributed by atoms with Crippen molar-refractivity contribution in [1.29, 1.82) is 0 Å². The molecule has 25 heavy (non-hydrogen) atoms. The van der Waals surface area contributed by atoms with Gasteiger partial charge in [-0.05, 0) is 31.8 Å². The van der Waals surface area contributed by atoms with E-state index in [2.05, 4.69) is 15.2 Å². The molecule has 1 saturated heterocycles. The van der Waals surface area contributed by atoms with Crippen molar-refractivity contribution in [3.8, 4) is 5.75 Å².